The molecule has 0 aliphatic carbocycles. The van der Waals surface area contributed by atoms with Gasteiger partial charge in [-0.05, 0) is 12.5 Å². The summed E-state index contributed by atoms with van der Waals surface area (Å²) in [5, 5.41) is 16.3. The van der Waals surface area contributed by atoms with Crippen LogP contribution in [0, 0.1) is 0 Å². The van der Waals surface area contributed by atoms with Gasteiger partial charge in [0, 0.05) is 18.4 Å². The zero-order chi connectivity index (χ0) is 13.7. The molecular weight excluding hydrogens is 246 g/mol. The van der Waals surface area contributed by atoms with Gasteiger partial charge in [0.1, 0.15) is 6.54 Å². The molecule has 6 heteroatoms. The van der Waals surface area contributed by atoms with E-state index in [1.54, 1.807) is 10.9 Å². The standard InChI is InChI=1S/C13H15N3O3/c17-12(14-7-3-6-13(18)19)9-16-11-5-2-1-4-10(11)8-15-16/h1-2,4-5,8H,3,6-7,9H2,(H,14,17)(H,18,19). The summed E-state index contributed by atoms with van der Waals surface area (Å²) in [5.41, 5.74) is 0.906. The molecular formula is C13H15N3O3. The topological polar surface area (TPSA) is 84.2 Å². The SMILES string of the molecule is O=C(O)CCCNC(=O)Cn1ncc2ccccc21. The van der Waals surface area contributed by atoms with Crippen LogP contribution in [0.2, 0.25) is 0 Å². The van der Waals surface area contributed by atoms with E-state index in [0.717, 1.165) is 10.9 Å². The third-order valence-corrected chi connectivity index (χ3v) is 2.73. The summed E-state index contributed by atoms with van der Waals surface area (Å²) in [6.07, 6.45) is 2.21. The molecule has 1 aromatic carbocycles. The van der Waals surface area contributed by atoms with E-state index >= 15 is 0 Å². The van der Waals surface area contributed by atoms with Crippen LogP contribution in [-0.2, 0) is 16.1 Å². The molecule has 1 amide bonds. The Morgan fingerprint density at radius 1 is 1.32 bits per heavy atom. The first kappa shape index (κ1) is 13.1. The molecule has 2 N–H and O–H groups in total. The van der Waals surface area contributed by atoms with Crippen LogP contribution < -0.4 is 5.32 Å². The molecule has 1 aromatic heterocycles. The average molecular weight is 261 g/mol. The second-order valence-electron chi connectivity index (χ2n) is 4.21. The van der Waals surface area contributed by atoms with Crippen LogP contribution in [0.25, 0.3) is 10.9 Å². The molecule has 0 saturated carbocycles. The lowest BCUT2D eigenvalue weighted by atomic mass is 10.2. The molecule has 0 aliphatic rings. The molecule has 0 fully saturated rings. The predicted octanol–water partition coefficient (Wildman–Crippen LogP) is 1.02. The molecule has 0 spiro atoms. The minimum Gasteiger partial charge on any atom is -0.481 e. The average Bonchev–Trinajstić information content (AvgIpc) is 2.78. The maximum absolute atomic E-state index is 11.7. The highest BCUT2D eigenvalue weighted by atomic mass is 16.4. The summed E-state index contributed by atoms with van der Waals surface area (Å²) < 4.78 is 1.63. The Kier molecular flexibility index (Phi) is 4.12. The molecule has 19 heavy (non-hydrogen) atoms. The molecule has 0 unspecified atom stereocenters. The number of aromatic nitrogens is 2. The van der Waals surface area contributed by atoms with Crippen molar-refractivity contribution in [3.8, 4) is 0 Å². The van der Waals surface area contributed by atoms with Crippen LogP contribution in [0.5, 0.6) is 0 Å². The first-order chi connectivity index (χ1) is 9.16. The van der Waals surface area contributed by atoms with Crippen LogP contribution >= 0.6 is 0 Å². The Balaban J connectivity index is 1.87. The van der Waals surface area contributed by atoms with E-state index in [-0.39, 0.29) is 18.9 Å². The maximum Gasteiger partial charge on any atom is 0.303 e. The molecule has 1 heterocycles. The number of aliphatic carboxylic acids is 1. The highest BCUT2D eigenvalue weighted by molar-refractivity contribution is 5.81. The Bertz CT molecular complexity index is 592. The van der Waals surface area contributed by atoms with Crippen LogP contribution in [0.1, 0.15) is 12.8 Å². The van der Waals surface area contributed by atoms with Crippen molar-refractivity contribution in [1.29, 1.82) is 0 Å². The molecule has 2 rings (SSSR count). The number of rotatable bonds is 6. The smallest absolute Gasteiger partial charge is 0.303 e. The van der Waals surface area contributed by atoms with Gasteiger partial charge in [0.15, 0.2) is 0 Å². The minimum atomic E-state index is -0.854. The zero-order valence-electron chi connectivity index (χ0n) is 10.4. The van der Waals surface area contributed by atoms with Crippen LogP contribution in [0.4, 0.5) is 0 Å². The number of fused-ring (bicyclic) bond motifs is 1. The van der Waals surface area contributed by atoms with Crippen molar-refractivity contribution in [2.75, 3.05) is 6.54 Å². The lowest BCUT2D eigenvalue weighted by Crippen LogP contribution is -2.29. The highest BCUT2D eigenvalue weighted by Crippen LogP contribution is 2.11. The molecule has 0 aliphatic heterocycles. The van der Waals surface area contributed by atoms with Crippen molar-refractivity contribution in [2.24, 2.45) is 0 Å². The molecule has 100 valence electrons. The number of nitrogens with one attached hydrogen (secondary N) is 1. The lowest BCUT2D eigenvalue weighted by Gasteiger charge is -2.05. The van der Waals surface area contributed by atoms with Crippen molar-refractivity contribution in [1.82, 2.24) is 15.1 Å². The van der Waals surface area contributed by atoms with Crippen molar-refractivity contribution >= 4 is 22.8 Å². The van der Waals surface area contributed by atoms with Gasteiger partial charge in [-0.3, -0.25) is 14.3 Å². The van der Waals surface area contributed by atoms with Gasteiger partial charge in [0.2, 0.25) is 5.91 Å². The minimum absolute atomic E-state index is 0.0605. The largest absolute Gasteiger partial charge is 0.481 e. The first-order valence-electron chi connectivity index (χ1n) is 6.06. The van der Waals surface area contributed by atoms with Gasteiger partial charge in [-0.15, -0.1) is 0 Å². The summed E-state index contributed by atoms with van der Waals surface area (Å²) >= 11 is 0. The Hall–Kier alpha value is -2.37. The first-order valence-corrected chi connectivity index (χ1v) is 6.06. The van der Waals surface area contributed by atoms with Gasteiger partial charge in [-0.2, -0.15) is 5.10 Å². The van der Waals surface area contributed by atoms with Gasteiger partial charge in [0.25, 0.3) is 0 Å². The molecule has 0 saturated heterocycles. The summed E-state index contributed by atoms with van der Waals surface area (Å²) in [4.78, 5) is 22.0. The fraction of sp³-hybridized carbons (Fsp3) is 0.308. The Labute approximate surface area is 110 Å². The number of para-hydroxylation sites is 1. The van der Waals surface area contributed by atoms with Gasteiger partial charge in [-0.25, -0.2) is 0 Å². The monoisotopic (exact) mass is 261 g/mol. The van der Waals surface area contributed by atoms with Crippen molar-refractivity contribution in [2.45, 2.75) is 19.4 Å². The van der Waals surface area contributed by atoms with Crippen molar-refractivity contribution in [3.05, 3.63) is 30.5 Å². The third-order valence-electron chi connectivity index (χ3n) is 2.73. The van der Waals surface area contributed by atoms with Gasteiger partial charge >= 0.3 is 5.97 Å². The fourth-order valence-corrected chi connectivity index (χ4v) is 1.81. The molecule has 2 aromatic rings. The fourth-order valence-electron chi connectivity index (χ4n) is 1.81. The number of nitrogens with zero attached hydrogens (tertiary/aromatic N) is 2. The van der Waals surface area contributed by atoms with E-state index < -0.39 is 5.97 Å². The van der Waals surface area contributed by atoms with Crippen molar-refractivity contribution in [3.63, 3.8) is 0 Å². The second-order valence-corrected chi connectivity index (χ2v) is 4.21. The zero-order valence-corrected chi connectivity index (χ0v) is 10.4. The number of hydrogen-bond acceptors (Lipinski definition) is 3. The van der Waals surface area contributed by atoms with Crippen LogP contribution in [-0.4, -0.2) is 33.3 Å². The van der Waals surface area contributed by atoms with Crippen LogP contribution in [0.15, 0.2) is 30.5 Å². The maximum atomic E-state index is 11.7. The quantitative estimate of drug-likeness (QED) is 0.760. The van der Waals surface area contributed by atoms with E-state index in [0.29, 0.717) is 13.0 Å². The van der Waals surface area contributed by atoms with E-state index in [1.807, 2.05) is 24.3 Å². The summed E-state index contributed by atoms with van der Waals surface area (Å²) in [6.45, 7) is 0.505. The lowest BCUT2D eigenvalue weighted by molar-refractivity contribution is -0.137. The molecule has 6 nitrogen and oxygen atoms in total. The Morgan fingerprint density at radius 2 is 2.11 bits per heavy atom. The molecule has 0 radical (unpaired) electrons. The summed E-state index contributed by atoms with van der Waals surface area (Å²) in [7, 11) is 0. The molecule has 0 bridgehead atoms. The molecule has 0 atom stereocenters. The van der Waals surface area contributed by atoms with E-state index in [9.17, 15) is 9.59 Å². The van der Waals surface area contributed by atoms with Gasteiger partial charge in [-0.1, -0.05) is 18.2 Å². The van der Waals surface area contributed by atoms with Crippen LogP contribution in [0.3, 0.4) is 0 Å². The number of carboxylic acid groups (broad SMARTS) is 1. The number of carboxylic acids is 1. The van der Waals surface area contributed by atoms with E-state index in [2.05, 4.69) is 10.4 Å². The third kappa shape index (κ3) is 3.54. The summed E-state index contributed by atoms with van der Waals surface area (Å²) in [5.74, 6) is -1.02. The number of benzene rings is 1. The highest BCUT2D eigenvalue weighted by Gasteiger charge is 2.06. The van der Waals surface area contributed by atoms with E-state index in [4.69, 9.17) is 5.11 Å². The van der Waals surface area contributed by atoms with Gasteiger partial charge in [0.05, 0.1) is 11.7 Å². The Morgan fingerprint density at radius 3 is 2.89 bits per heavy atom. The van der Waals surface area contributed by atoms with Crippen molar-refractivity contribution < 1.29 is 14.7 Å². The number of amides is 1. The number of carbonyl (C=O) groups excluding carboxylic acids is 1. The normalized spacial score (nSPS) is 10.5. The number of hydrogen-bond donors (Lipinski definition) is 2. The number of carbonyl (C=O) groups is 2. The summed E-state index contributed by atoms with van der Waals surface area (Å²) in [6, 6.07) is 7.65. The van der Waals surface area contributed by atoms with Gasteiger partial charge < -0.3 is 10.4 Å². The predicted molar refractivity (Wildman–Crippen MR) is 69.6 cm³/mol. The second kappa shape index (κ2) is 5.99. The van der Waals surface area contributed by atoms with E-state index in [1.165, 1.54) is 0 Å².